The summed E-state index contributed by atoms with van der Waals surface area (Å²) in [7, 11) is 0. The van der Waals surface area contributed by atoms with Crippen LogP contribution in [-0.2, 0) is 12.8 Å². The summed E-state index contributed by atoms with van der Waals surface area (Å²) in [5, 5.41) is 0. The zero-order chi connectivity index (χ0) is 15.3. The van der Waals surface area contributed by atoms with Gasteiger partial charge in [0.05, 0.1) is 0 Å². The Morgan fingerprint density at radius 1 is 0.900 bits per heavy atom. The largest absolute Gasteiger partial charge is 0.398 e. The third-order valence-corrected chi connectivity index (χ3v) is 3.98. The molecule has 0 amide bonds. The lowest BCUT2D eigenvalue weighted by atomic mass is 9.85. The van der Waals surface area contributed by atoms with E-state index in [1.165, 1.54) is 16.7 Å². The topological polar surface area (TPSA) is 52.0 Å². The van der Waals surface area contributed by atoms with Gasteiger partial charge >= 0.3 is 0 Å². The van der Waals surface area contributed by atoms with E-state index in [0.717, 1.165) is 43.5 Å². The van der Waals surface area contributed by atoms with Gasteiger partial charge in [-0.1, -0.05) is 53.5 Å². The molecule has 0 aliphatic carbocycles. The maximum atomic E-state index is 6.43. The summed E-state index contributed by atoms with van der Waals surface area (Å²) >= 11 is 0. The lowest BCUT2D eigenvalue weighted by Gasteiger charge is -2.23. The van der Waals surface area contributed by atoms with E-state index in [1.807, 2.05) is 0 Å². The quantitative estimate of drug-likeness (QED) is 0.695. The van der Waals surface area contributed by atoms with Gasteiger partial charge < -0.3 is 11.5 Å². The minimum absolute atomic E-state index is 0.433. The Hall–Kier alpha value is -1.18. The van der Waals surface area contributed by atoms with Crippen LogP contribution in [0.15, 0.2) is 6.07 Å². The summed E-state index contributed by atoms with van der Waals surface area (Å²) in [5.74, 6) is 1.09. The van der Waals surface area contributed by atoms with Gasteiger partial charge in [0.1, 0.15) is 0 Å². The highest BCUT2D eigenvalue weighted by molar-refractivity contribution is 5.70. The van der Waals surface area contributed by atoms with E-state index in [2.05, 4.69) is 40.7 Å². The molecule has 114 valence electrons. The van der Waals surface area contributed by atoms with E-state index >= 15 is 0 Å². The van der Waals surface area contributed by atoms with Gasteiger partial charge in [-0.25, -0.2) is 0 Å². The molecule has 0 spiro atoms. The third kappa shape index (κ3) is 3.91. The Labute approximate surface area is 124 Å². The molecule has 1 rings (SSSR count). The summed E-state index contributed by atoms with van der Waals surface area (Å²) in [6.07, 6.45) is 5.47. The van der Waals surface area contributed by atoms with E-state index in [0.29, 0.717) is 11.8 Å². The highest BCUT2D eigenvalue weighted by Gasteiger charge is 2.19. The second-order valence-corrected chi connectivity index (χ2v) is 6.47. The van der Waals surface area contributed by atoms with Crippen LogP contribution in [0.3, 0.4) is 0 Å². The number of hydrogen-bond donors (Lipinski definition) is 2. The molecule has 20 heavy (non-hydrogen) atoms. The van der Waals surface area contributed by atoms with Crippen LogP contribution in [0.5, 0.6) is 0 Å². The van der Waals surface area contributed by atoms with Gasteiger partial charge in [-0.05, 0) is 42.2 Å². The van der Waals surface area contributed by atoms with Crippen molar-refractivity contribution in [1.82, 2.24) is 0 Å². The Bertz CT molecular complexity index is 405. The first-order valence-corrected chi connectivity index (χ1v) is 8.11. The van der Waals surface area contributed by atoms with Crippen LogP contribution < -0.4 is 11.5 Å². The van der Waals surface area contributed by atoms with Gasteiger partial charge in [0.2, 0.25) is 0 Å². The summed E-state index contributed by atoms with van der Waals surface area (Å²) in [6.45, 7) is 11.2. The van der Waals surface area contributed by atoms with E-state index in [-0.39, 0.29) is 0 Å². The first-order valence-electron chi connectivity index (χ1n) is 8.11. The molecule has 4 N–H and O–H groups in total. The van der Waals surface area contributed by atoms with E-state index < -0.39 is 0 Å². The fraction of sp³-hybridized carbons (Fsp3) is 0.667. The highest BCUT2D eigenvalue weighted by atomic mass is 14.6. The van der Waals surface area contributed by atoms with E-state index in [4.69, 9.17) is 11.5 Å². The van der Waals surface area contributed by atoms with Gasteiger partial charge in [0, 0.05) is 16.9 Å². The second kappa shape index (κ2) is 7.56. The lowest BCUT2D eigenvalue weighted by Crippen LogP contribution is -2.11. The maximum Gasteiger partial charge on any atom is 0.0402 e. The molecular weight excluding hydrogens is 244 g/mol. The smallest absolute Gasteiger partial charge is 0.0402 e. The highest BCUT2D eigenvalue weighted by Crippen LogP contribution is 2.37. The molecule has 0 heterocycles. The molecule has 0 aliphatic rings. The lowest BCUT2D eigenvalue weighted by molar-refractivity contribution is 0.525. The summed E-state index contributed by atoms with van der Waals surface area (Å²) < 4.78 is 0. The molecule has 0 aromatic heterocycles. The number of aryl methyl sites for hydroxylation is 2. The molecule has 1 aromatic carbocycles. The minimum Gasteiger partial charge on any atom is -0.398 e. The van der Waals surface area contributed by atoms with Gasteiger partial charge in [0.25, 0.3) is 0 Å². The average molecular weight is 276 g/mol. The van der Waals surface area contributed by atoms with Crippen LogP contribution in [0.1, 0.15) is 76.5 Å². The molecular formula is C18H32N2. The number of hydrogen-bond acceptors (Lipinski definition) is 2. The molecule has 0 aliphatic heterocycles. The molecule has 1 unspecified atom stereocenters. The Balaban J connectivity index is 3.30. The molecule has 0 saturated heterocycles. The Kier molecular flexibility index (Phi) is 6.38. The number of nitrogens with two attached hydrogens (primary N) is 2. The molecule has 0 saturated carbocycles. The molecule has 1 atom stereocenters. The standard InChI is InChI=1S/C18H32N2/c1-6-8-14-11-15(9-7-2)18(20)16(17(14)19)13(5)10-12(3)4/h11-13H,6-10,19-20H2,1-5H3. The van der Waals surface area contributed by atoms with Crippen molar-refractivity contribution in [2.45, 2.75) is 72.6 Å². The van der Waals surface area contributed by atoms with Crippen LogP contribution in [0.25, 0.3) is 0 Å². The summed E-state index contributed by atoms with van der Waals surface area (Å²) in [4.78, 5) is 0. The van der Waals surface area contributed by atoms with Crippen molar-refractivity contribution in [1.29, 1.82) is 0 Å². The average Bonchev–Trinajstić information content (AvgIpc) is 2.35. The fourth-order valence-corrected chi connectivity index (χ4v) is 3.17. The van der Waals surface area contributed by atoms with Crippen LogP contribution in [-0.4, -0.2) is 0 Å². The predicted octanol–water partition coefficient (Wildman–Crippen LogP) is 4.91. The Morgan fingerprint density at radius 2 is 1.35 bits per heavy atom. The number of anilines is 2. The number of nitrogen functional groups attached to an aromatic ring is 2. The van der Waals surface area contributed by atoms with Crippen LogP contribution in [0.4, 0.5) is 11.4 Å². The molecule has 0 radical (unpaired) electrons. The van der Waals surface area contributed by atoms with Crippen molar-refractivity contribution in [2.75, 3.05) is 11.5 Å². The molecule has 1 aromatic rings. The van der Waals surface area contributed by atoms with Crippen molar-refractivity contribution in [3.05, 3.63) is 22.8 Å². The number of benzene rings is 1. The monoisotopic (exact) mass is 276 g/mol. The van der Waals surface area contributed by atoms with Crippen molar-refractivity contribution in [2.24, 2.45) is 5.92 Å². The van der Waals surface area contributed by atoms with E-state index in [9.17, 15) is 0 Å². The maximum absolute atomic E-state index is 6.43. The minimum atomic E-state index is 0.433. The van der Waals surface area contributed by atoms with Crippen molar-refractivity contribution in [3.63, 3.8) is 0 Å². The van der Waals surface area contributed by atoms with Crippen molar-refractivity contribution < 1.29 is 0 Å². The zero-order valence-corrected chi connectivity index (χ0v) is 13.9. The van der Waals surface area contributed by atoms with Gasteiger partial charge in [0.15, 0.2) is 0 Å². The second-order valence-electron chi connectivity index (χ2n) is 6.47. The van der Waals surface area contributed by atoms with Gasteiger partial charge in [-0.2, -0.15) is 0 Å². The van der Waals surface area contributed by atoms with E-state index in [1.54, 1.807) is 0 Å². The molecule has 0 bridgehead atoms. The molecule has 2 nitrogen and oxygen atoms in total. The Morgan fingerprint density at radius 3 is 1.70 bits per heavy atom. The summed E-state index contributed by atoms with van der Waals surface area (Å²) in [5.41, 5.74) is 18.5. The predicted molar refractivity (Wildman–Crippen MR) is 91.1 cm³/mol. The third-order valence-electron chi connectivity index (χ3n) is 3.98. The van der Waals surface area contributed by atoms with Gasteiger partial charge in [-0.3, -0.25) is 0 Å². The normalized spacial score (nSPS) is 12.9. The van der Waals surface area contributed by atoms with Crippen LogP contribution in [0, 0.1) is 5.92 Å². The SMILES string of the molecule is CCCc1cc(CCC)c(N)c(C(C)CC(C)C)c1N. The van der Waals surface area contributed by atoms with Crippen molar-refractivity contribution in [3.8, 4) is 0 Å². The fourth-order valence-electron chi connectivity index (χ4n) is 3.17. The first-order chi connectivity index (χ1) is 9.42. The summed E-state index contributed by atoms with van der Waals surface area (Å²) in [6, 6.07) is 2.24. The number of rotatable bonds is 7. The van der Waals surface area contributed by atoms with Gasteiger partial charge in [-0.15, -0.1) is 0 Å². The van der Waals surface area contributed by atoms with Crippen LogP contribution in [0.2, 0.25) is 0 Å². The first kappa shape index (κ1) is 16.9. The van der Waals surface area contributed by atoms with Crippen LogP contribution >= 0.6 is 0 Å². The molecule has 2 heteroatoms. The zero-order valence-electron chi connectivity index (χ0n) is 13.9. The molecule has 0 fully saturated rings. The van der Waals surface area contributed by atoms with Crippen molar-refractivity contribution >= 4 is 11.4 Å².